The molecule has 2 nitrogen and oxygen atoms in total. The molecule has 1 aromatic carbocycles. The monoisotopic (exact) mass is 249 g/mol. The third-order valence-electron chi connectivity index (χ3n) is 3.46. The predicted molar refractivity (Wildman–Crippen MR) is 78.5 cm³/mol. The van der Waals surface area contributed by atoms with Crippen molar-refractivity contribution < 1.29 is 4.74 Å². The van der Waals surface area contributed by atoms with Crippen molar-refractivity contribution >= 4 is 0 Å². The number of rotatable bonds is 5. The first kappa shape index (κ1) is 15.0. The van der Waals surface area contributed by atoms with E-state index in [-0.39, 0.29) is 5.41 Å². The van der Waals surface area contributed by atoms with Crippen LogP contribution in [0.2, 0.25) is 0 Å². The van der Waals surface area contributed by atoms with Crippen molar-refractivity contribution in [1.82, 2.24) is 5.32 Å². The molecule has 0 saturated carbocycles. The van der Waals surface area contributed by atoms with Crippen LogP contribution in [-0.4, -0.2) is 20.2 Å². The van der Waals surface area contributed by atoms with Crippen molar-refractivity contribution in [3.63, 3.8) is 0 Å². The summed E-state index contributed by atoms with van der Waals surface area (Å²) in [5.41, 5.74) is 2.78. The Morgan fingerprint density at radius 3 is 2.39 bits per heavy atom. The topological polar surface area (TPSA) is 21.3 Å². The quantitative estimate of drug-likeness (QED) is 0.862. The highest BCUT2D eigenvalue weighted by atomic mass is 16.5. The van der Waals surface area contributed by atoms with E-state index in [9.17, 15) is 0 Å². The Morgan fingerprint density at radius 2 is 1.94 bits per heavy atom. The van der Waals surface area contributed by atoms with Gasteiger partial charge in [-0.1, -0.05) is 39.8 Å². The van der Waals surface area contributed by atoms with Crippen LogP contribution < -0.4 is 10.1 Å². The highest BCUT2D eigenvalue weighted by Gasteiger charge is 2.19. The van der Waals surface area contributed by atoms with Gasteiger partial charge in [-0.15, -0.1) is 0 Å². The smallest absolute Gasteiger partial charge is 0.122 e. The van der Waals surface area contributed by atoms with Crippen LogP contribution in [0.5, 0.6) is 5.75 Å². The molecule has 0 bridgehead atoms. The second kappa shape index (κ2) is 6.24. The second-order valence-corrected chi connectivity index (χ2v) is 5.88. The fourth-order valence-electron chi connectivity index (χ4n) is 2.20. The van der Waals surface area contributed by atoms with Crippen LogP contribution in [0.1, 0.15) is 45.2 Å². The van der Waals surface area contributed by atoms with Crippen LogP contribution in [0.3, 0.4) is 0 Å². The summed E-state index contributed by atoms with van der Waals surface area (Å²) in [5, 5.41) is 3.36. The lowest BCUT2D eigenvalue weighted by molar-refractivity contribution is 0.397. The third-order valence-corrected chi connectivity index (χ3v) is 3.46. The van der Waals surface area contributed by atoms with Gasteiger partial charge in [-0.25, -0.2) is 0 Å². The summed E-state index contributed by atoms with van der Waals surface area (Å²) < 4.78 is 5.47. The van der Waals surface area contributed by atoms with Crippen molar-refractivity contribution in [3.05, 3.63) is 29.3 Å². The molecule has 0 aliphatic rings. The van der Waals surface area contributed by atoms with Gasteiger partial charge in [0.1, 0.15) is 5.75 Å². The van der Waals surface area contributed by atoms with Gasteiger partial charge in [-0.05, 0) is 42.5 Å². The summed E-state index contributed by atoms with van der Waals surface area (Å²) in [5.74, 6) is 0.990. The van der Waals surface area contributed by atoms with Gasteiger partial charge in [-0.2, -0.15) is 0 Å². The Morgan fingerprint density at radius 1 is 1.28 bits per heavy atom. The minimum Gasteiger partial charge on any atom is -0.496 e. The van der Waals surface area contributed by atoms with Gasteiger partial charge in [-0.3, -0.25) is 0 Å². The molecule has 0 aliphatic carbocycles. The second-order valence-electron chi connectivity index (χ2n) is 5.88. The largest absolute Gasteiger partial charge is 0.496 e. The van der Waals surface area contributed by atoms with E-state index >= 15 is 0 Å². The fourth-order valence-corrected chi connectivity index (χ4v) is 2.20. The van der Waals surface area contributed by atoms with E-state index < -0.39 is 0 Å². The first-order valence-corrected chi connectivity index (χ1v) is 6.77. The molecule has 0 fully saturated rings. The van der Waals surface area contributed by atoms with E-state index in [1.54, 1.807) is 7.11 Å². The van der Waals surface area contributed by atoms with E-state index in [0.29, 0.717) is 6.04 Å². The molecule has 1 N–H and O–H groups in total. The molecule has 0 spiro atoms. The SMILES string of the molecule is CCC(Cc1ccc(OC)c(C(C)(C)C)c1)NC. The third kappa shape index (κ3) is 3.74. The summed E-state index contributed by atoms with van der Waals surface area (Å²) in [6.07, 6.45) is 2.22. The van der Waals surface area contributed by atoms with Gasteiger partial charge >= 0.3 is 0 Å². The molecule has 2 heteroatoms. The normalized spacial score (nSPS) is 13.4. The first-order valence-electron chi connectivity index (χ1n) is 6.77. The van der Waals surface area contributed by atoms with Crippen LogP contribution in [0.15, 0.2) is 18.2 Å². The molecule has 1 atom stereocenters. The number of likely N-dealkylation sites (N-methyl/N-ethyl adjacent to an activating group) is 1. The maximum absolute atomic E-state index is 5.47. The lowest BCUT2D eigenvalue weighted by Crippen LogP contribution is -2.26. The zero-order valence-corrected chi connectivity index (χ0v) is 12.6. The molecular weight excluding hydrogens is 222 g/mol. The molecule has 0 amide bonds. The van der Waals surface area contributed by atoms with E-state index in [0.717, 1.165) is 18.6 Å². The first-order chi connectivity index (χ1) is 8.42. The zero-order valence-electron chi connectivity index (χ0n) is 12.6. The maximum atomic E-state index is 5.47. The van der Waals surface area contributed by atoms with Crippen LogP contribution in [0.25, 0.3) is 0 Å². The fraction of sp³-hybridized carbons (Fsp3) is 0.625. The van der Waals surface area contributed by atoms with Gasteiger partial charge in [0.2, 0.25) is 0 Å². The van der Waals surface area contributed by atoms with Gasteiger partial charge in [0.05, 0.1) is 7.11 Å². The van der Waals surface area contributed by atoms with Crippen molar-refractivity contribution in [2.75, 3.05) is 14.2 Å². The van der Waals surface area contributed by atoms with Crippen molar-refractivity contribution in [2.24, 2.45) is 0 Å². The summed E-state index contributed by atoms with van der Waals surface area (Å²) in [7, 11) is 3.77. The minimum absolute atomic E-state index is 0.114. The van der Waals surface area contributed by atoms with Crippen LogP contribution >= 0.6 is 0 Å². The van der Waals surface area contributed by atoms with Gasteiger partial charge in [0.15, 0.2) is 0 Å². The number of methoxy groups -OCH3 is 1. The molecule has 0 heterocycles. The molecule has 1 rings (SSSR count). The average molecular weight is 249 g/mol. The molecule has 1 aromatic rings. The van der Waals surface area contributed by atoms with Crippen LogP contribution in [0.4, 0.5) is 0 Å². The standard InChI is InChI=1S/C16H27NO/c1-7-13(17-5)10-12-8-9-15(18-6)14(11-12)16(2,3)4/h8-9,11,13,17H,7,10H2,1-6H3. The van der Waals surface area contributed by atoms with E-state index in [1.807, 2.05) is 7.05 Å². The number of benzene rings is 1. The Labute approximate surface area is 112 Å². The van der Waals surface area contributed by atoms with Crippen molar-refractivity contribution in [1.29, 1.82) is 0 Å². The lowest BCUT2D eigenvalue weighted by atomic mass is 9.84. The molecular formula is C16H27NO. The number of hydrogen-bond donors (Lipinski definition) is 1. The minimum atomic E-state index is 0.114. The Balaban J connectivity index is 3.03. The molecule has 0 saturated heterocycles. The van der Waals surface area contributed by atoms with Gasteiger partial charge < -0.3 is 10.1 Å². The predicted octanol–water partition coefficient (Wildman–Crippen LogP) is 3.53. The molecule has 0 radical (unpaired) electrons. The molecule has 0 aliphatic heterocycles. The Bertz CT molecular complexity index is 375. The molecule has 102 valence electrons. The summed E-state index contributed by atoms with van der Waals surface area (Å²) >= 11 is 0. The highest BCUT2D eigenvalue weighted by molar-refractivity contribution is 5.41. The Hall–Kier alpha value is -1.02. The molecule has 18 heavy (non-hydrogen) atoms. The average Bonchev–Trinajstić information content (AvgIpc) is 2.34. The Kier molecular flexibility index (Phi) is 5.21. The van der Waals surface area contributed by atoms with E-state index in [1.165, 1.54) is 11.1 Å². The maximum Gasteiger partial charge on any atom is 0.122 e. The zero-order chi connectivity index (χ0) is 13.8. The number of ether oxygens (including phenoxy) is 1. The molecule has 0 aromatic heterocycles. The highest BCUT2D eigenvalue weighted by Crippen LogP contribution is 2.32. The van der Waals surface area contributed by atoms with Gasteiger partial charge in [0, 0.05) is 6.04 Å². The van der Waals surface area contributed by atoms with Crippen molar-refractivity contribution in [2.45, 2.75) is 52.0 Å². The van der Waals surface area contributed by atoms with E-state index in [4.69, 9.17) is 4.74 Å². The molecule has 1 unspecified atom stereocenters. The van der Waals surface area contributed by atoms with Gasteiger partial charge in [0.25, 0.3) is 0 Å². The lowest BCUT2D eigenvalue weighted by Gasteiger charge is -2.23. The van der Waals surface area contributed by atoms with Crippen molar-refractivity contribution in [3.8, 4) is 5.75 Å². The number of hydrogen-bond acceptors (Lipinski definition) is 2. The summed E-state index contributed by atoms with van der Waals surface area (Å²) in [4.78, 5) is 0. The van der Waals surface area contributed by atoms with E-state index in [2.05, 4.69) is 51.2 Å². The number of nitrogens with one attached hydrogen (secondary N) is 1. The van der Waals surface area contributed by atoms with Crippen LogP contribution in [-0.2, 0) is 11.8 Å². The summed E-state index contributed by atoms with van der Waals surface area (Å²) in [6.45, 7) is 8.90. The van der Waals surface area contributed by atoms with Crippen LogP contribution in [0, 0.1) is 0 Å². The summed E-state index contributed by atoms with van der Waals surface area (Å²) in [6, 6.07) is 7.11.